The summed E-state index contributed by atoms with van der Waals surface area (Å²) in [7, 11) is 0. The van der Waals surface area contributed by atoms with Gasteiger partial charge in [-0.05, 0) is 25.3 Å². The lowest BCUT2D eigenvalue weighted by Gasteiger charge is -2.34. The van der Waals surface area contributed by atoms with E-state index < -0.39 is 0 Å². The van der Waals surface area contributed by atoms with E-state index in [2.05, 4.69) is 43.4 Å². The van der Waals surface area contributed by atoms with E-state index in [1.807, 2.05) is 0 Å². The van der Waals surface area contributed by atoms with Crippen LogP contribution in [0.3, 0.4) is 0 Å². The molecule has 1 fully saturated rings. The lowest BCUT2D eigenvalue weighted by atomic mass is 9.91. The van der Waals surface area contributed by atoms with Crippen LogP contribution >= 0.6 is 0 Å². The molecule has 0 spiro atoms. The van der Waals surface area contributed by atoms with Crippen LogP contribution in [-0.4, -0.2) is 12.6 Å². The summed E-state index contributed by atoms with van der Waals surface area (Å²) in [6.45, 7) is 5.42. The first-order valence-corrected chi connectivity index (χ1v) is 7.22. The van der Waals surface area contributed by atoms with E-state index in [1.165, 1.54) is 24.8 Å². The minimum atomic E-state index is 0.448. The van der Waals surface area contributed by atoms with Crippen molar-refractivity contribution >= 4 is 0 Å². The first kappa shape index (κ1) is 12.0. The average molecular weight is 245 g/mol. The first-order chi connectivity index (χ1) is 8.74. The van der Waals surface area contributed by atoms with Crippen LogP contribution in [0.25, 0.3) is 0 Å². The molecule has 2 nitrogen and oxygen atoms in total. The molecule has 18 heavy (non-hydrogen) atoms. The van der Waals surface area contributed by atoms with E-state index in [0.29, 0.717) is 18.0 Å². The molecule has 0 amide bonds. The maximum absolute atomic E-state index is 5.80. The highest BCUT2D eigenvalue weighted by Crippen LogP contribution is 2.37. The van der Waals surface area contributed by atoms with Crippen molar-refractivity contribution in [1.82, 2.24) is 5.32 Å². The fourth-order valence-corrected chi connectivity index (χ4v) is 2.98. The molecule has 3 unspecified atom stereocenters. The Morgan fingerprint density at radius 3 is 2.89 bits per heavy atom. The fourth-order valence-electron chi connectivity index (χ4n) is 2.98. The van der Waals surface area contributed by atoms with Crippen molar-refractivity contribution in [2.24, 2.45) is 11.8 Å². The minimum absolute atomic E-state index is 0.448. The molecule has 3 rings (SSSR count). The zero-order valence-electron chi connectivity index (χ0n) is 11.4. The molecule has 1 aliphatic carbocycles. The van der Waals surface area contributed by atoms with Gasteiger partial charge in [-0.15, -0.1) is 0 Å². The van der Waals surface area contributed by atoms with Gasteiger partial charge in [0, 0.05) is 23.6 Å². The molecule has 0 saturated heterocycles. The summed E-state index contributed by atoms with van der Waals surface area (Å²) < 4.78 is 5.80. The molecule has 0 radical (unpaired) electrons. The summed E-state index contributed by atoms with van der Waals surface area (Å²) in [5.74, 6) is 2.59. The molecular weight excluding hydrogens is 222 g/mol. The standard InChI is InChI=1S/C16H23NO/c1-11-10-18-15-6-4-3-5-14(15)16(11)17-12(2)9-13-7-8-13/h3-6,11-13,16-17H,7-10H2,1-2H3. The van der Waals surface area contributed by atoms with Crippen molar-refractivity contribution < 1.29 is 4.74 Å². The number of hydrogen-bond acceptors (Lipinski definition) is 2. The number of hydrogen-bond donors (Lipinski definition) is 1. The lowest BCUT2D eigenvalue weighted by molar-refractivity contribution is 0.180. The minimum Gasteiger partial charge on any atom is -0.493 e. The van der Waals surface area contributed by atoms with Gasteiger partial charge in [0.1, 0.15) is 5.75 Å². The van der Waals surface area contributed by atoms with Gasteiger partial charge < -0.3 is 10.1 Å². The summed E-state index contributed by atoms with van der Waals surface area (Å²) in [5.41, 5.74) is 1.33. The van der Waals surface area contributed by atoms with Crippen LogP contribution in [0, 0.1) is 11.8 Å². The zero-order chi connectivity index (χ0) is 12.5. The number of fused-ring (bicyclic) bond motifs is 1. The van der Waals surface area contributed by atoms with E-state index in [9.17, 15) is 0 Å². The number of ether oxygens (including phenoxy) is 1. The summed E-state index contributed by atoms with van der Waals surface area (Å²) in [5, 5.41) is 3.82. The van der Waals surface area contributed by atoms with Crippen LogP contribution in [0.1, 0.15) is 44.7 Å². The first-order valence-electron chi connectivity index (χ1n) is 7.22. The highest BCUT2D eigenvalue weighted by Gasteiger charge is 2.30. The Hall–Kier alpha value is -1.02. The van der Waals surface area contributed by atoms with Crippen LogP contribution in [0.2, 0.25) is 0 Å². The van der Waals surface area contributed by atoms with Crippen molar-refractivity contribution in [3.05, 3.63) is 29.8 Å². The Bertz CT molecular complexity index is 413. The molecule has 1 aliphatic heterocycles. The lowest BCUT2D eigenvalue weighted by Crippen LogP contribution is -2.38. The molecule has 1 N–H and O–H groups in total. The number of para-hydroxylation sites is 1. The van der Waals surface area contributed by atoms with Gasteiger partial charge in [0.25, 0.3) is 0 Å². The third kappa shape index (κ3) is 2.54. The largest absolute Gasteiger partial charge is 0.493 e. The smallest absolute Gasteiger partial charge is 0.124 e. The molecule has 3 atom stereocenters. The van der Waals surface area contributed by atoms with Crippen molar-refractivity contribution in [1.29, 1.82) is 0 Å². The topological polar surface area (TPSA) is 21.3 Å². The molecule has 0 bridgehead atoms. The van der Waals surface area contributed by atoms with E-state index in [0.717, 1.165) is 18.3 Å². The van der Waals surface area contributed by atoms with Crippen molar-refractivity contribution in [2.45, 2.75) is 45.2 Å². The van der Waals surface area contributed by atoms with Gasteiger partial charge in [-0.2, -0.15) is 0 Å². The zero-order valence-corrected chi connectivity index (χ0v) is 11.4. The van der Waals surface area contributed by atoms with Gasteiger partial charge in [0.15, 0.2) is 0 Å². The van der Waals surface area contributed by atoms with Crippen LogP contribution in [-0.2, 0) is 0 Å². The van der Waals surface area contributed by atoms with Crippen LogP contribution in [0.4, 0.5) is 0 Å². The second kappa shape index (κ2) is 4.93. The Morgan fingerprint density at radius 1 is 1.33 bits per heavy atom. The highest BCUT2D eigenvalue weighted by atomic mass is 16.5. The van der Waals surface area contributed by atoms with Gasteiger partial charge in [-0.3, -0.25) is 0 Å². The summed E-state index contributed by atoms with van der Waals surface area (Å²) in [6, 6.07) is 9.51. The Balaban J connectivity index is 1.73. The predicted molar refractivity (Wildman–Crippen MR) is 73.8 cm³/mol. The second-order valence-electron chi connectivity index (χ2n) is 6.05. The van der Waals surface area contributed by atoms with Crippen molar-refractivity contribution in [3.63, 3.8) is 0 Å². The Kier molecular flexibility index (Phi) is 3.29. The summed E-state index contributed by atoms with van der Waals surface area (Å²) in [4.78, 5) is 0. The van der Waals surface area contributed by atoms with Crippen LogP contribution in [0.5, 0.6) is 5.75 Å². The quantitative estimate of drug-likeness (QED) is 0.876. The van der Waals surface area contributed by atoms with Gasteiger partial charge in [0.05, 0.1) is 6.61 Å². The second-order valence-corrected chi connectivity index (χ2v) is 6.05. The molecule has 2 aliphatic rings. The molecule has 2 heteroatoms. The molecule has 1 aromatic rings. The number of benzene rings is 1. The number of nitrogens with one attached hydrogen (secondary N) is 1. The summed E-state index contributed by atoms with van der Waals surface area (Å²) in [6.07, 6.45) is 4.20. The fraction of sp³-hybridized carbons (Fsp3) is 0.625. The van der Waals surface area contributed by atoms with Gasteiger partial charge in [-0.25, -0.2) is 0 Å². The Morgan fingerprint density at radius 2 is 2.11 bits per heavy atom. The van der Waals surface area contributed by atoms with Gasteiger partial charge in [-0.1, -0.05) is 38.0 Å². The monoisotopic (exact) mass is 245 g/mol. The third-order valence-electron chi connectivity index (χ3n) is 4.17. The SMILES string of the molecule is CC(CC1CC1)NC1c2ccccc2OCC1C. The van der Waals surface area contributed by atoms with Crippen molar-refractivity contribution in [2.75, 3.05) is 6.61 Å². The number of rotatable bonds is 4. The molecule has 1 heterocycles. The van der Waals surface area contributed by atoms with Gasteiger partial charge >= 0.3 is 0 Å². The van der Waals surface area contributed by atoms with E-state index in [1.54, 1.807) is 0 Å². The molecule has 1 aromatic carbocycles. The Labute approximate surface area is 110 Å². The molecule has 0 aromatic heterocycles. The van der Waals surface area contributed by atoms with Crippen LogP contribution in [0.15, 0.2) is 24.3 Å². The predicted octanol–water partition coefficient (Wildman–Crippen LogP) is 3.53. The molecule has 98 valence electrons. The normalized spacial score (nSPS) is 28.3. The van der Waals surface area contributed by atoms with Gasteiger partial charge in [0.2, 0.25) is 0 Å². The third-order valence-corrected chi connectivity index (χ3v) is 4.17. The van der Waals surface area contributed by atoms with E-state index in [-0.39, 0.29) is 0 Å². The van der Waals surface area contributed by atoms with Crippen molar-refractivity contribution in [3.8, 4) is 5.75 Å². The maximum Gasteiger partial charge on any atom is 0.124 e. The van der Waals surface area contributed by atoms with E-state index in [4.69, 9.17) is 4.74 Å². The highest BCUT2D eigenvalue weighted by molar-refractivity contribution is 5.38. The van der Waals surface area contributed by atoms with Crippen LogP contribution < -0.4 is 10.1 Å². The summed E-state index contributed by atoms with van der Waals surface area (Å²) >= 11 is 0. The average Bonchev–Trinajstić information content (AvgIpc) is 3.17. The molecule has 1 saturated carbocycles. The molecular formula is C16H23NO. The maximum atomic E-state index is 5.80. The van der Waals surface area contributed by atoms with E-state index >= 15 is 0 Å².